The van der Waals surface area contributed by atoms with Crippen LogP contribution in [0.2, 0.25) is 0 Å². The highest BCUT2D eigenvalue weighted by Gasteiger charge is 2.20. The first-order chi connectivity index (χ1) is 12.7. The number of guanidine groups is 1. The number of aliphatic imine (C=N–C) groups is 1. The Labute approximate surface area is 176 Å². The standard InChI is InChI=1S/C18H26N6O2.HI/c1-13(26-16-7-5-15(25-3)6-8-16)10-20-18(19-2)23-14-4-9-17-21-12-22-24(17)11-14;/h5-8,12-14H,4,9-11H2,1-3H3,(H2,19,20,23);1H. The van der Waals surface area contributed by atoms with Gasteiger partial charge in [0.15, 0.2) is 5.96 Å². The predicted octanol–water partition coefficient (Wildman–Crippen LogP) is 1.85. The van der Waals surface area contributed by atoms with Crippen LogP contribution < -0.4 is 20.1 Å². The molecule has 1 aliphatic rings. The fourth-order valence-corrected chi connectivity index (χ4v) is 2.91. The average Bonchev–Trinajstić information content (AvgIpc) is 3.13. The third kappa shape index (κ3) is 5.98. The van der Waals surface area contributed by atoms with E-state index < -0.39 is 0 Å². The molecule has 0 spiro atoms. The molecular weight excluding hydrogens is 459 g/mol. The molecule has 148 valence electrons. The van der Waals surface area contributed by atoms with Gasteiger partial charge in [-0.3, -0.25) is 4.99 Å². The van der Waals surface area contributed by atoms with Crippen LogP contribution in [0.15, 0.2) is 35.6 Å². The Morgan fingerprint density at radius 2 is 2.07 bits per heavy atom. The van der Waals surface area contributed by atoms with E-state index in [0.717, 1.165) is 42.7 Å². The first-order valence-electron chi connectivity index (χ1n) is 8.82. The first-order valence-corrected chi connectivity index (χ1v) is 8.82. The van der Waals surface area contributed by atoms with E-state index in [-0.39, 0.29) is 36.1 Å². The van der Waals surface area contributed by atoms with E-state index >= 15 is 0 Å². The van der Waals surface area contributed by atoms with E-state index in [9.17, 15) is 0 Å². The van der Waals surface area contributed by atoms with Crippen LogP contribution in [-0.2, 0) is 13.0 Å². The zero-order valence-electron chi connectivity index (χ0n) is 15.9. The Morgan fingerprint density at radius 3 is 2.78 bits per heavy atom. The number of ether oxygens (including phenoxy) is 2. The molecule has 2 atom stereocenters. The number of halogens is 1. The van der Waals surface area contributed by atoms with Crippen LogP contribution in [0.5, 0.6) is 11.5 Å². The van der Waals surface area contributed by atoms with Crippen molar-refractivity contribution in [3.63, 3.8) is 0 Å². The average molecular weight is 486 g/mol. The largest absolute Gasteiger partial charge is 0.497 e. The number of rotatable bonds is 6. The number of nitrogens with one attached hydrogen (secondary N) is 2. The summed E-state index contributed by atoms with van der Waals surface area (Å²) in [5.74, 6) is 3.45. The van der Waals surface area contributed by atoms with Gasteiger partial charge in [0.05, 0.1) is 20.2 Å². The third-order valence-electron chi connectivity index (χ3n) is 4.32. The minimum atomic E-state index is -0.00443. The van der Waals surface area contributed by atoms with Gasteiger partial charge in [0.1, 0.15) is 29.8 Å². The molecular formula is C18H27IN6O2. The van der Waals surface area contributed by atoms with Gasteiger partial charge in [0.25, 0.3) is 0 Å². The summed E-state index contributed by atoms with van der Waals surface area (Å²) >= 11 is 0. The molecule has 1 aromatic carbocycles. The summed E-state index contributed by atoms with van der Waals surface area (Å²) in [7, 11) is 3.42. The molecule has 1 aromatic heterocycles. The highest BCUT2D eigenvalue weighted by molar-refractivity contribution is 14.0. The van der Waals surface area contributed by atoms with Crippen LogP contribution in [-0.4, -0.2) is 53.6 Å². The van der Waals surface area contributed by atoms with Crippen LogP contribution >= 0.6 is 24.0 Å². The number of nitrogens with zero attached hydrogens (tertiary/aromatic N) is 4. The van der Waals surface area contributed by atoms with Gasteiger partial charge in [0, 0.05) is 19.5 Å². The van der Waals surface area contributed by atoms with Crippen LogP contribution in [0.4, 0.5) is 0 Å². The lowest BCUT2D eigenvalue weighted by atomic mass is 10.1. The lowest BCUT2D eigenvalue weighted by Crippen LogP contribution is -2.48. The predicted molar refractivity (Wildman–Crippen MR) is 115 cm³/mol. The van der Waals surface area contributed by atoms with Crippen molar-refractivity contribution in [3.8, 4) is 11.5 Å². The van der Waals surface area contributed by atoms with E-state index in [4.69, 9.17) is 9.47 Å². The molecule has 0 saturated carbocycles. The molecule has 0 fully saturated rings. The minimum absolute atomic E-state index is 0. The quantitative estimate of drug-likeness (QED) is 0.369. The monoisotopic (exact) mass is 486 g/mol. The molecule has 0 radical (unpaired) electrons. The van der Waals surface area contributed by atoms with Crippen molar-refractivity contribution >= 4 is 29.9 Å². The summed E-state index contributed by atoms with van der Waals surface area (Å²) in [4.78, 5) is 8.56. The van der Waals surface area contributed by atoms with Gasteiger partial charge in [-0.05, 0) is 37.6 Å². The second kappa shape index (κ2) is 10.3. The lowest BCUT2D eigenvalue weighted by Gasteiger charge is -2.26. The van der Waals surface area contributed by atoms with Crippen LogP contribution in [0.25, 0.3) is 0 Å². The second-order valence-corrected chi connectivity index (χ2v) is 6.30. The zero-order chi connectivity index (χ0) is 18.4. The van der Waals surface area contributed by atoms with Crippen molar-refractivity contribution in [3.05, 3.63) is 36.4 Å². The fraction of sp³-hybridized carbons (Fsp3) is 0.500. The smallest absolute Gasteiger partial charge is 0.191 e. The molecule has 0 bridgehead atoms. The van der Waals surface area contributed by atoms with Crippen molar-refractivity contribution < 1.29 is 9.47 Å². The highest BCUT2D eigenvalue weighted by atomic mass is 127. The number of hydrogen-bond donors (Lipinski definition) is 2. The van der Waals surface area contributed by atoms with Crippen LogP contribution in [0, 0.1) is 0 Å². The van der Waals surface area contributed by atoms with E-state index in [1.54, 1.807) is 20.5 Å². The summed E-state index contributed by atoms with van der Waals surface area (Å²) in [5, 5.41) is 11.0. The Bertz CT molecular complexity index is 734. The number of hydrogen-bond acceptors (Lipinski definition) is 5. The summed E-state index contributed by atoms with van der Waals surface area (Å²) in [5.41, 5.74) is 0. The van der Waals surface area contributed by atoms with Gasteiger partial charge in [0.2, 0.25) is 0 Å². The lowest BCUT2D eigenvalue weighted by molar-refractivity contribution is 0.223. The van der Waals surface area contributed by atoms with E-state index in [0.29, 0.717) is 6.54 Å². The van der Waals surface area contributed by atoms with Gasteiger partial charge in [-0.25, -0.2) is 9.67 Å². The van der Waals surface area contributed by atoms with E-state index in [1.807, 2.05) is 35.9 Å². The number of methoxy groups -OCH3 is 1. The molecule has 2 heterocycles. The summed E-state index contributed by atoms with van der Waals surface area (Å²) in [6.45, 7) is 3.47. The molecule has 0 amide bonds. The molecule has 27 heavy (non-hydrogen) atoms. The molecule has 8 nitrogen and oxygen atoms in total. The van der Waals surface area contributed by atoms with Crippen molar-refractivity contribution in [2.24, 2.45) is 4.99 Å². The molecule has 2 unspecified atom stereocenters. The van der Waals surface area contributed by atoms with Crippen LogP contribution in [0.1, 0.15) is 19.2 Å². The highest BCUT2D eigenvalue weighted by Crippen LogP contribution is 2.18. The van der Waals surface area contributed by atoms with E-state index in [2.05, 4.69) is 25.7 Å². The molecule has 0 aliphatic carbocycles. The summed E-state index contributed by atoms with van der Waals surface area (Å²) in [6, 6.07) is 7.86. The maximum Gasteiger partial charge on any atom is 0.191 e. The summed E-state index contributed by atoms with van der Waals surface area (Å²) in [6.07, 6.45) is 3.54. The van der Waals surface area contributed by atoms with Gasteiger partial charge < -0.3 is 20.1 Å². The SMILES string of the molecule is CN=C(NCC(C)Oc1ccc(OC)cc1)NC1CCc2ncnn2C1.I. The van der Waals surface area contributed by atoms with Crippen molar-refractivity contribution in [1.82, 2.24) is 25.4 Å². The van der Waals surface area contributed by atoms with Gasteiger partial charge in [-0.2, -0.15) is 5.10 Å². The Balaban J connectivity index is 0.00000261. The van der Waals surface area contributed by atoms with Crippen molar-refractivity contribution in [2.45, 2.75) is 38.5 Å². The molecule has 2 N–H and O–H groups in total. The normalized spacial score (nSPS) is 17.3. The number of aryl methyl sites for hydroxylation is 1. The molecule has 1 aliphatic heterocycles. The number of fused-ring (bicyclic) bond motifs is 1. The summed E-state index contributed by atoms with van der Waals surface area (Å²) < 4.78 is 13.0. The molecule has 9 heteroatoms. The zero-order valence-corrected chi connectivity index (χ0v) is 18.2. The topological polar surface area (TPSA) is 85.6 Å². The van der Waals surface area contributed by atoms with Crippen molar-refractivity contribution in [1.29, 1.82) is 0 Å². The Morgan fingerprint density at radius 1 is 1.33 bits per heavy atom. The van der Waals surface area contributed by atoms with Gasteiger partial charge >= 0.3 is 0 Å². The minimum Gasteiger partial charge on any atom is -0.497 e. The molecule has 3 rings (SSSR count). The number of aromatic nitrogens is 3. The van der Waals surface area contributed by atoms with Gasteiger partial charge in [-0.1, -0.05) is 0 Å². The molecule has 0 saturated heterocycles. The van der Waals surface area contributed by atoms with Crippen LogP contribution in [0.3, 0.4) is 0 Å². The third-order valence-corrected chi connectivity index (χ3v) is 4.32. The number of benzene rings is 1. The van der Waals surface area contributed by atoms with Gasteiger partial charge in [-0.15, -0.1) is 24.0 Å². The maximum absolute atomic E-state index is 5.91. The molecule has 2 aromatic rings. The van der Waals surface area contributed by atoms with Crippen molar-refractivity contribution in [2.75, 3.05) is 20.7 Å². The second-order valence-electron chi connectivity index (χ2n) is 6.30. The maximum atomic E-state index is 5.91. The first kappa shape index (κ1) is 21.3. The Hall–Kier alpha value is -2.04. The fourth-order valence-electron chi connectivity index (χ4n) is 2.91. The Kier molecular flexibility index (Phi) is 8.14. The van der Waals surface area contributed by atoms with E-state index in [1.165, 1.54) is 0 Å².